The molecule has 2 aliphatic rings. The van der Waals surface area contributed by atoms with Crippen LogP contribution < -0.4 is 16.0 Å². The molecule has 7 nitrogen and oxygen atoms in total. The Kier molecular flexibility index (Phi) is 5.62. The summed E-state index contributed by atoms with van der Waals surface area (Å²) in [6, 6.07) is 8.73. The number of aliphatic imine (C=N–C) groups is 1. The molecular formula is C25H29F2N5O2. The van der Waals surface area contributed by atoms with Crippen molar-refractivity contribution in [3.05, 3.63) is 59.2 Å². The summed E-state index contributed by atoms with van der Waals surface area (Å²) < 4.78 is 28.7. The first-order chi connectivity index (χ1) is 15.8. The number of benzene rings is 2. The predicted octanol–water partition coefficient (Wildman–Crippen LogP) is 3.60. The Morgan fingerprint density at radius 2 is 1.91 bits per heavy atom. The molecule has 2 heterocycles. The lowest BCUT2D eigenvalue weighted by Crippen LogP contribution is -2.60. The van der Waals surface area contributed by atoms with Gasteiger partial charge < -0.3 is 16.0 Å². The van der Waals surface area contributed by atoms with Crippen LogP contribution in [0.15, 0.2) is 41.4 Å². The third kappa shape index (κ3) is 3.78. The molecular weight excluding hydrogens is 440 g/mol. The zero-order valence-corrected chi connectivity index (χ0v) is 19.9. The lowest BCUT2D eigenvalue weighted by Gasteiger charge is -2.46. The van der Waals surface area contributed by atoms with Crippen LogP contribution in [0.5, 0.6) is 0 Å². The normalized spacial score (nSPS) is 23.6. The molecule has 0 saturated heterocycles. The third-order valence-electron chi connectivity index (χ3n) is 7.22. The maximum absolute atomic E-state index is 14.9. The van der Waals surface area contributed by atoms with Crippen LogP contribution in [0, 0.1) is 17.0 Å². The van der Waals surface area contributed by atoms with E-state index in [0.29, 0.717) is 23.5 Å². The van der Waals surface area contributed by atoms with Gasteiger partial charge in [-0.05, 0) is 56.7 Å². The number of nitrogens with one attached hydrogen (secondary N) is 1. The first kappa shape index (κ1) is 23.7. The number of anilines is 2. The molecule has 0 aliphatic carbocycles. The molecule has 0 bridgehead atoms. The zero-order chi connectivity index (χ0) is 25.0. The largest absolute Gasteiger partial charge is 0.376 e. The second-order valence-electron chi connectivity index (χ2n) is 9.75. The summed E-state index contributed by atoms with van der Waals surface area (Å²) in [6.45, 7) is 7.13. The molecule has 0 aromatic heterocycles. The highest BCUT2D eigenvalue weighted by Crippen LogP contribution is 2.42. The van der Waals surface area contributed by atoms with Gasteiger partial charge in [0.1, 0.15) is 11.6 Å². The number of carbonyl (C=O) groups excluding carboxylic acids is 2. The van der Waals surface area contributed by atoms with Crippen LogP contribution in [0.3, 0.4) is 0 Å². The van der Waals surface area contributed by atoms with Crippen LogP contribution in [0.4, 0.5) is 20.2 Å². The summed E-state index contributed by atoms with van der Waals surface area (Å²) >= 11 is 0. The van der Waals surface area contributed by atoms with Crippen molar-refractivity contribution in [2.24, 2.45) is 16.1 Å². The SMILES string of the molecule is CC(=O)N1CC(Nc2ccc(F)c(C[C@@]3(C)N=C(N)N(C)C(=O)C3(C)C)c2)c2ccc(F)cc21. The lowest BCUT2D eigenvalue weighted by molar-refractivity contribution is -0.140. The Balaban J connectivity index is 1.64. The van der Waals surface area contributed by atoms with Gasteiger partial charge in [-0.25, -0.2) is 13.8 Å². The summed E-state index contributed by atoms with van der Waals surface area (Å²) in [5.41, 5.74) is 6.45. The average Bonchev–Trinajstić information content (AvgIpc) is 3.11. The van der Waals surface area contributed by atoms with E-state index in [4.69, 9.17) is 5.73 Å². The molecule has 2 aromatic rings. The van der Waals surface area contributed by atoms with Crippen molar-refractivity contribution >= 4 is 29.1 Å². The van der Waals surface area contributed by atoms with Gasteiger partial charge in [-0.2, -0.15) is 0 Å². The van der Waals surface area contributed by atoms with Gasteiger partial charge in [-0.3, -0.25) is 14.5 Å². The van der Waals surface area contributed by atoms with Crippen molar-refractivity contribution in [1.82, 2.24) is 4.90 Å². The molecule has 2 atom stereocenters. The molecule has 2 aliphatic heterocycles. The van der Waals surface area contributed by atoms with Gasteiger partial charge in [0, 0.05) is 31.6 Å². The lowest BCUT2D eigenvalue weighted by atomic mass is 9.68. The van der Waals surface area contributed by atoms with E-state index in [2.05, 4.69) is 10.3 Å². The van der Waals surface area contributed by atoms with Crippen LogP contribution in [-0.4, -0.2) is 41.8 Å². The number of carbonyl (C=O) groups is 2. The van der Waals surface area contributed by atoms with Gasteiger partial charge in [0.15, 0.2) is 5.96 Å². The first-order valence-electron chi connectivity index (χ1n) is 11.1. The molecule has 3 N–H and O–H groups in total. The number of halogens is 2. The van der Waals surface area contributed by atoms with Crippen molar-refractivity contribution in [3.63, 3.8) is 0 Å². The van der Waals surface area contributed by atoms with Gasteiger partial charge >= 0.3 is 0 Å². The number of nitrogens with two attached hydrogens (primary N) is 1. The summed E-state index contributed by atoms with van der Waals surface area (Å²) in [4.78, 5) is 32.4. The van der Waals surface area contributed by atoms with E-state index in [1.54, 1.807) is 46.0 Å². The van der Waals surface area contributed by atoms with Gasteiger partial charge in [-0.15, -0.1) is 0 Å². The average molecular weight is 470 g/mol. The molecule has 2 amide bonds. The van der Waals surface area contributed by atoms with Crippen molar-refractivity contribution in [2.45, 2.75) is 45.7 Å². The van der Waals surface area contributed by atoms with Crippen molar-refractivity contribution in [2.75, 3.05) is 23.8 Å². The Bertz CT molecular complexity index is 1210. The number of rotatable bonds is 4. The molecule has 0 spiro atoms. The van der Waals surface area contributed by atoms with Crippen LogP contribution in [0.1, 0.15) is 44.9 Å². The number of hydrogen-bond donors (Lipinski definition) is 2. The Morgan fingerprint density at radius 3 is 2.59 bits per heavy atom. The van der Waals surface area contributed by atoms with Crippen LogP contribution in [0.2, 0.25) is 0 Å². The molecule has 0 fully saturated rings. The van der Waals surface area contributed by atoms with Crippen molar-refractivity contribution in [3.8, 4) is 0 Å². The highest BCUT2D eigenvalue weighted by atomic mass is 19.1. The van der Waals surface area contributed by atoms with E-state index < -0.39 is 22.6 Å². The second-order valence-corrected chi connectivity index (χ2v) is 9.75. The Morgan fingerprint density at radius 1 is 1.21 bits per heavy atom. The molecule has 4 rings (SSSR count). The fourth-order valence-corrected chi connectivity index (χ4v) is 4.70. The summed E-state index contributed by atoms with van der Waals surface area (Å²) in [6.07, 6.45) is 0.160. The topological polar surface area (TPSA) is 91.0 Å². The number of fused-ring (bicyclic) bond motifs is 1. The number of nitrogens with zero attached hydrogens (tertiary/aromatic N) is 3. The number of hydrogen-bond acceptors (Lipinski definition) is 5. The van der Waals surface area contributed by atoms with E-state index in [-0.39, 0.29) is 30.2 Å². The maximum atomic E-state index is 14.9. The minimum atomic E-state index is -0.955. The predicted molar refractivity (Wildman–Crippen MR) is 127 cm³/mol. The molecule has 0 saturated carbocycles. The quantitative estimate of drug-likeness (QED) is 0.716. The Labute approximate surface area is 197 Å². The number of amides is 2. The zero-order valence-electron chi connectivity index (χ0n) is 19.9. The minimum absolute atomic E-state index is 0.0978. The Hall–Kier alpha value is -3.49. The van der Waals surface area contributed by atoms with Gasteiger partial charge in [0.05, 0.1) is 29.2 Å². The first-order valence-corrected chi connectivity index (χ1v) is 11.1. The fourth-order valence-electron chi connectivity index (χ4n) is 4.70. The summed E-state index contributed by atoms with van der Waals surface area (Å²) in [5.74, 6) is -1.11. The van der Waals surface area contributed by atoms with E-state index in [1.807, 2.05) is 0 Å². The van der Waals surface area contributed by atoms with E-state index in [0.717, 1.165) is 5.56 Å². The third-order valence-corrected chi connectivity index (χ3v) is 7.22. The van der Waals surface area contributed by atoms with Crippen LogP contribution >= 0.6 is 0 Å². The van der Waals surface area contributed by atoms with E-state index in [1.165, 1.54) is 34.9 Å². The summed E-state index contributed by atoms with van der Waals surface area (Å²) in [5, 5.41) is 3.35. The molecule has 0 radical (unpaired) electrons. The van der Waals surface area contributed by atoms with Crippen molar-refractivity contribution < 1.29 is 18.4 Å². The van der Waals surface area contributed by atoms with E-state index >= 15 is 0 Å². The smallest absolute Gasteiger partial charge is 0.237 e. The van der Waals surface area contributed by atoms with Gasteiger partial charge in [0.2, 0.25) is 11.8 Å². The number of guanidine groups is 1. The van der Waals surface area contributed by atoms with Gasteiger partial charge in [0.25, 0.3) is 0 Å². The standard InChI is InChI=1S/C25H29F2N5O2/c1-14(33)32-13-20(18-8-6-16(26)11-21(18)32)29-17-7-9-19(27)15(10-17)12-25(4)24(2,3)22(34)31(5)23(28)30-25/h6-11,20,29H,12-13H2,1-5H3,(H2,28,30)/t20?,25-/m1/s1. The minimum Gasteiger partial charge on any atom is -0.376 e. The van der Waals surface area contributed by atoms with E-state index in [9.17, 15) is 18.4 Å². The monoisotopic (exact) mass is 469 g/mol. The highest BCUT2D eigenvalue weighted by Gasteiger charge is 2.51. The van der Waals surface area contributed by atoms with Gasteiger partial charge in [-0.1, -0.05) is 6.07 Å². The molecule has 34 heavy (non-hydrogen) atoms. The van der Waals surface area contributed by atoms with Crippen molar-refractivity contribution in [1.29, 1.82) is 0 Å². The van der Waals surface area contributed by atoms with Crippen LogP contribution in [0.25, 0.3) is 0 Å². The second kappa shape index (κ2) is 8.07. The van der Waals surface area contributed by atoms with Crippen LogP contribution in [-0.2, 0) is 16.0 Å². The maximum Gasteiger partial charge on any atom is 0.237 e. The molecule has 2 aromatic carbocycles. The highest BCUT2D eigenvalue weighted by molar-refractivity contribution is 6.01. The fraction of sp³-hybridized carbons (Fsp3) is 0.400. The molecule has 9 heteroatoms. The molecule has 180 valence electrons. The summed E-state index contributed by atoms with van der Waals surface area (Å²) in [7, 11) is 1.57. The molecule has 1 unspecified atom stereocenters.